The van der Waals surface area contributed by atoms with E-state index in [4.69, 9.17) is 4.74 Å². The first-order valence-electron chi connectivity index (χ1n) is 5.82. The number of ether oxygens (including phenoxy) is 1. The molecule has 102 valence electrons. The van der Waals surface area contributed by atoms with E-state index in [1.807, 2.05) is 0 Å². The van der Waals surface area contributed by atoms with Crippen LogP contribution in [0.1, 0.15) is 12.8 Å². The Morgan fingerprint density at radius 2 is 2.26 bits per heavy atom. The molecule has 0 aromatic heterocycles. The van der Waals surface area contributed by atoms with E-state index in [9.17, 15) is 14.9 Å². The van der Waals surface area contributed by atoms with Crippen LogP contribution in [0.15, 0.2) is 18.2 Å². The molecule has 1 aromatic rings. The van der Waals surface area contributed by atoms with Gasteiger partial charge in [0, 0.05) is 18.7 Å². The number of piperidine rings is 1. The number of nitro groups is 1. The second-order valence-corrected chi connectivity index (χ2v) is 5.32. The predicted molar refractivity (Wildman–Crippen MR) is 74.0 cm³/mol. The zero-order valence-electron chi connectivity index (χ0n) is 10.3. The van der Waals surface area contributed by atoms with Gasteiger partial charge >= 0.3 is 0 Å². The maximum absolute atomic E-state index is 12.1. The molecule has 0 radical (unpaired) electrons. The Balaban J connectivity index is 2.43. The number of halogens is 1. The highest BCUT2D eigenvalue weighted by Crippen LogP contribution is 2.35. The number of hydrogen-bond donors (Lipinski definition) is 0. The maximum Gasteiger partial charge on any atom is 0.271 e. The Kier molecular flexibility index (Phi) is 4.04. The summed E-state index contributed by atoms with van der Waals surface area (Å²) in [5.41, 5.74) is 0.395. The van der Waals surface area contributed by atoms with Gasteiger partial charge in [0.15, 0.2) is 0 Å². The van der Waals surface area contributed by atoms with Crippen LogP contribution in [-0.4, -0.2) is 29.3 Å². The van der Waals surface area contributed by atoms with Crippen molar-refractivity contribution in [1.82, 2.24) is 0 Å². The van der Waals surface area contributed by atoms with E-state index in [2.05, 4.69) is 15.9 Å². The maximum atomic E-state index is 12.1. The quantitative estimate of drug-likeness (QED) is 0.485. The summed E-state index contributed by atoms with van der Waals surface area (Å²) < 4.78 is 5.19. The molecule has 1 fully saturated rings. The largest absolute Gasteiger partial charge is 0.495 e. The van der Waals surface area contributed by atoms with E-state index in [-0.39, 0.29) is 16.4 Å². The van der Waals surface area contributed by atoms with Crippen molar-refractivity contribution in [1.29, 1.82) is 0 Å². The molecule has 0 spiro atoms. The molecule has 1 heterocycles. The summed E-state index contributed by atoms with van der Waals surface area (Å²) in [5.74, 6) is 0.366. The highest BCUT2D eigenvalue weighted by atomic mass is 79.9. The molecule has 6 nitrogen and oxygen atoms in total. The molecule has 1 aliphatic heterocycles. The van der Waals surface area contributed by atoms with E-state index < -0.39 is 4.92 Å². The molecule has 1 unspecified atom stereocenters. The fourth-order valence-electron chi connectivity index (χ4n) is 2.07. The summed E-state index contributed by atoms with van der Waals surface area (Å²) >= 11 is 3.32. The summed E-state index contributed by atoms with van der Waals surface area (Å²) in [6.07, 6.45) is 1.61. The molecule has 1 aromatic carbocycles. The number of amides is 1. The number of nitro benzene ring substituents is 1. The van der Waals surface area contributed by atoms with E-state index in [1.54, 1.807) is 0 Å². The van der Waals surface area contributed by atoms with Crippen molar-refractivity contribution in [2.75, 3.05) is 18.6 Å². The van der Waals surface area contributed by atoms with Crippen LogP contribution in [0, 0.1) is 10.1 Å². The van der Waals surface area contributed by atoms with Gasteiger partial charge in [0.2, 0.25) is 5.91 Å². The van der Waals surface area contributed by atoms with Crippen LogP contribution in [-0.2, 0) is 4.79 Å². The van der Waals surface area contributed by atoms with Crippen molar-refractivity contribution < 1.29 is 14.5 Å². The third-order valence-electron chi connectivity index (χ3n) is 3.04. The Morgan fingerprint density at radius 1 is 1.53 bits per heavy atom. The van der Waals surface area contributed by atoms with E-state index in [0.717, 1.165) is 12.8 Å². The van der Waals surface area contributed by atoms with Gasteiger partial charge in [-0.2, -0.15) is 0 Å². The summed E-state index contributed by atoms with van der Waals surface area (Å²) in [4.78, 5) is 23.8. The molecule has 1 amide bonds. The van der Waals surface area contributed by atoms with E-state index in [1.165, 1.54) is 30.2 Å². The van der Waals surface area contributed by atoms with Crippen molar-refractivity contribution in [2.24, 2.45) is 0 Å². The first-order valence-corrected chi connectivity index (χ1v) is 6.74. The predicted octanol–water partition coefficient (Wildman–Crippen LogP) is 2.49. The zero-order valence-corrected chi connectivity index (χ0v) is 11.9. The molecule has 0 N–H and O–H groups in total. The number of alkyl halides is 1. The number of carbonyl (C=O) groups excluding carboxylic acids is 1. The molecule has 1 saturated heterocycles. The lowest BCUT2D eigenvalue weighted by molar-refractivity contribution is -0.384. The fourth-order valence-corrected chi connectivity index (χ4v) is 2.64. The molecular weight excluding hydrogens is 316 g/mol. The van der Waals surface area contributed by atoms with Gasteiger partial charge in [-0.15, -0.1) is 0 Å². The lowest BCUT2D eigenvalue weighted by Gasteiger charge is -2.30. The van der Waals surface area contributed by atoms with Crippen LogP contribution >= 0.6 is 15.9 Å². The Morgan fingerprint density at radius 3 is 2.89 bits per heavy atom. The van der Waals surface area contributed by atoms with Gasteiger partial charge in [-0.25, -0.2) is 0 Å². The van der Waals surface area contributed by atoms with Crippen molar-refractivity contribution in [3.63, 3.8) is 0 Å². The molecule has 2 rings (SSSR count). The third-order valence-corrected chi connectivity index (χ3v) is 3.89. The number of benzene rings is 1. The SMILES string of the molecule is COc1ccc([N+](=O)[O-])cc1N1CCCC(Br)C1=O. The number of carbonyl (C=O) groups is 1. The fraction of sp³-hybridized carbons (Fsp3) is 0.417. The average molecular weight is 329 g/mol. The standard InChI is InChI=1S/C12H13BrN2O4/c1-19-11-5-4-8(15(17)18)7-10(11)14-6-2-3-9(13)12(14)16/h4-5,7,9H,2-3,6H2,1H3. The van der Waals surface area contributed by atoms with Crippen LogP contribution in [0.2, 0.25) is 0 Å². The molecule has 0 saturated carbocycles. The van der Waals surface area contributed by atoms with Crippen molar-refractivity contribution in [2.45, 2.75) is 17.7 Å². The number of rotatable bonds is 3. The third kappa shape index (κ3) is 2.70. The van der Waals surface area contributed by atoms with E-state index >= 15 is 0 Å². The molecule has 19 heavy (non-hydrogen) atoms. The van der Waals surface area contributed by atoms with Gasteiger partial charge in [0.05, 0.1) is 22.5 Å². The van der Waals surface area contributed by atoms with Crippen molar-refractivity contribution >= 4 is 33.2 Å². The van der Waals surface area contributed by atoms with E-state index in [0.29, 0.717) is 18.0 Å². The van der Waals surface area contributed by atoms with Crippen LogP contribution in [0.25, 0.3) is 0 Å². The summed E-state index contributed by atoms with van der Waals surface area (Å²) in [5, 5.41) is 10.8. The molecule has 7 heteroatoms. The number of methoxy groups -OCH3 is 1. The zero-order chi connectivity index (χ0) is 14.0. The van der Waals surface area contributed by atoms with Crippen molar-refractivity contribution in [3.05, 3.63) is 28.3 Å². The molecule has 0 bridgehead atoms. The smallest absolute Gasteiger partial charge is 0.271 e. The van der Waals surface area contributed by atoms with Crippen LogP contribution in [0.4, 0.5) is 11.4 Å². The minimum absolute atomic E-state index is 0.0553. The van der Waals surface area contributed by atoms with Crippen LogP contribution < -0.4 is 9.64 Å². The second kappa shape index (κ2) is 5.56. The normalized spacial score (nSPS) is 19.4. The highest BCUT2D eigenvalue weighted by Gasteiger charge is 2.30. The Bertz CT molecular complexity index is 520. The van der Waals surface area contributed by atoms with Gasteiger partial charge in [-0.05, 0) is 18.9 Å². The van der Waals surface area contributed by atoms with Crippen LogP contribution in [0.5, 0.6) is 5.75 Å². The number of nitrogens with zero attached hydrogens (tertiary/aromatic N) is 2. The van der Waals surface area contributed by atoms with Gasteiger partial charge < -0.3 is 9.64 Å². The molecule has 0 aliphatic carbocycles. The van der Waals surface area contributed by atoms with Gasteiger partial charge in [0.25, 0.3) is 5.69 Å². The number of non-ortho nitro benzene ring substituents is 1. The minimum Gasteiger partial charge on any atom is -0.495 e. The Labute approximate surface area is 118 Å². The second-order valence-electron chi connectivity index (χ2n) is 4.21. The summed E-state index contributed by atoms with van der Waals surface area (Å²) in [6.45, 7) is 0.540. The summed E-state index contributed by atoms with van der Waals surface area (Å²) in [6, 6.07) is 4.25. The monoisotopic (exact) mass is 328 g/mol. The minimum atomic E-state index is -0.483. The topological polar surface area (TPSA) is 72.7 Å². The van der Waals surface area contributed by atoms with Gasteiger partial charge in [-0.1, -0.05) is 15.9 Å². The van der Waals surface area contributed by atoms with Crippen LogP contribution in [0.3, 0.4) is 0 Å². The first-order chi connectivity index (χ1) is 9.04. The average Bonchev–Trinajstić information content (AvgIpc) is 2.41. The Hall–Kier alpha value is -1.63. The van der Waals surface area contributed by atoms with Gasteiger partial charge in [-0.3, -0.25) is 14.9 Å². The highest BCUT2D eigenvalue weighted by molar-refractivity contribution is 9.10. The number of anilines is 1. The van der Waals surface area contributed by atoms with Gasteiger partial charge in [0.1, 0.15) is 5.75 Å². The number of hydrogen-bond acceptors (Lipinski definition) is 4. The molecule has 1 atom stereocenters. The van der Waals surface area contributed by atoms with Crippen molar-refractivity contribution in [3.8, 4) is 5.75 Å². The lowest BCUT2D eigenvalue weighted by atomic mass is 10.1. The lowest BCUT2D eigenvalue weighted by Crippen LogP contribution is -2.42. The molecule has 1 aliphatic rings. The molecular formula is C12H13BrN2O4. The first kappa shape index (κ1) is 13.8. The summed E-state index contributed by atoms with van der Waals surface area (Å²) in [7, 11) is 1.48.